The molecule has 0 atom stereocenters. The maximum Gasteiger partial charge on any atom is 0.161 e. The van der Waals surface area contributed by atoms with Crippen molar-refractivity contribution < 1.29 is 13.2 Å². The van der Waals surface area contributed by atoms with Gasteiger partial charge in [-0.25, -0.2) is 18.2 Å². The second-order valence-electron chi connectivity index (χ2n) is 3.22. The van der Waals surface area contributed by atoms with Crippen LogP contribution in [0.4, 0.5) is 19.0 Å². The van der Waals surface area contributed by atoms with Crippen LogP contribution in [0.15, 0.2) is 30.5 Å². The Kier molecular flexibility index (Phi) is 2.52. The Balaban J connectivity index is 2.60. The minimum Gasteiger partial charge on any atom is -0.384 e. The number of halogens is 3. The van der Waals surface area contributed by atoms with Crippen LogP contribution in [-0.2, 0) is 0 Å². The Hall–Kier alpha value is -2.04. The van der Waals surface area contributed by atoms with Crippen LogP contribution in [0.2, 0.25) is 0 Å². The fourth-order valence-electron chi connectivity index (χ4n) is 1.36. The Bertz CT molecular complexity index is 541. The first kappa shape index (κ1) is 10.5. The number of hydrogen-bond acceptors (Lipinski definition) is 2. The lowest BCUT2D eigenvalue weighted by Crippen LogP contribution is -1.94. The standard InChI is InChI=1S/C11H7F3N2/c12-8-5-10(14)9(13)4-7(8)6-1-2-16-11(15)3-6/h1-5H,(H2,15,16). The van der Waals surface area contributed by atoms with Crippen LogP contribution in [0.5, 0.6) is 0 Å². The highest BCUT2D eigenvalue weighted by Gasteiger charge is 2.11. The molecule has 0 bridgehead atoms. The van der Waals surface area contributed by atoms with Crippen molar-refractivity contribution in [2.24, 2.45) is 0 Å². The molecule has 2 rings (SSSR count). The van der Waals surface area contributed by atoms with Crippen molar-refractivity contribution in [2.75, 3.05) is 5.73 Å². The molecule has 82 valence electrons. The third-order valence-electron chi connectivity index (χ3n) is 2.10. The predicted molar refractivity (Wildman–Crippen MR) is 54.0 cm³/mol. The summed E-state index contributed by atoms with van der Waals surface area (Å²) in [5.74, 6) is -2.99. The number of pyridine rings is 1. The maximum atomic E-state index is 13.4. The van der Waals surface area contributed by atoms with Gasteiger partial charge in [-0.05, 0) is 23.8 Å². The Morgan fingerprint density at radius 1 is 0.938 bits per heavy atom. The largest absolute Gasteiger partial charge is 0.384 e. The molecule has 5 heteroatoms. The van der Waals surface area contributed by atoms with Gasteiger partial charge in [0, 0.05) is 17.8 Å². The highest BCUT2D eigenvalue weighted by molar-refractivity contribution is 5.66. The van der Waals surface area contributed by atoms with Gasteiger partial charge in [0.2, 0.25) is 0 Å². The monoisotopic (exact) mass is 224 g/mol. The summed E-state index contributed by atoms with van der Waals surface area (Å²) in [5, 5.41) is 0. The highest BCUT2D eigenvalue weighted by Crippen LogP contribution is 2.25. The fourth-order valence-corrected chi connectivity index (χ4v) is 1.36. The van der Waals surface area contributed by atoms with Gasteiger partial charge in [0.1, 0.15) is 11.6 Å². The van der Waals surface area contributed by atoms with Gasteiger partial charge in [-0.15, -0.1) is 0 Å². The zero-order valence-corrected chi connectivity index (χ0v) is 8.05. The molecule has 1 aromatic carbocycles. The predicted octanol–water partition coefficient (Wildman–Crippen LogP) is 2.75. The Morgan fingerprint density at radius 2 is 1.62 bits per heavy atom. The van der Waals surface area contributed by atoms with Crippen LogP contribution >= 0.6 is 0 Å². The number of rotatable bonds is 1. The molecule has 16 heavy (non-hydrogen) atoms. The zero-order valence-electron chi connectivity index (χ0n) is 8.05. The smallest absolute Gasteiger partial charge is 0.161 e. The summed E-state index contributed by atoms with van der Waals surface area (Å²) in [6.07, 6.45) is 1.37. The van der Waals surface area contributed by atoms with E-state index in [-0.39, 0.29) is 11.4 Å². The van der Waals surface area contributed by atoms with E-state index in [1.165, 1.54) is 18.3 Å². The molecule has 0 saturated carbocycles. The lowest BCUT2D eigenvalue weighted by molar-refractivity contribution is 0.496. The number of nitrogens with zero attached hydrogens (tertiary/aromatic N) is 1. The van der Waals surface area contributed by atoms with Crippen LogP contribution < -0.4 is 5.73 Å². The summed E-state index contributed by atoms with van der Waals surface area (Å²) in [6.45, 7) is 0. The topological polar surface area (TPSA) is 38.9 Å². The van der Waals surface area contributed by atoms with E-state index < -0.39 is 17.5 Å². The van der Waals surface area contributed by atoms with Gasteiger partial charge in [0.05, 0.1) is 0 Å². The molecular weight excluding hydrogens is 217 g/mol. The number of nitrogens with two attached hydrogens (primary N) is 1. The van der Waals surface area contributed by atoms with Gasteiger partial charge in [0.15, 0.2) is 11.6 Å². The minimum atomic E-state index is -1.22. The van der Waals surface area contributed by atoms with Gasteiger partial charge < -0.3 is 5.73 Å². The molecule has 0 unspecified atom stereocenters. The van der Waals surface area contributed by atoms with E-state index in [0.717, 1.165) is 6.07 Å². The van der Waals surface area contributed by atoms with Crippen molar-refractivity contribution in [3.63, 3.8) is 0 Å². The first-order chi connectivity index (χ1) is 7.58. The number of anilines is 1. The molecule has 0 fully saturated rings. The van der Waals surface area contributed by atoms with Crippen LogP contribution in [0, 0.1) is 17.5 Å². The number of benzene rings is 1. The van der Waals surface area contributed by atoms with Gasteiger partial charge in [-0.3, -0.25) is 0 Å². The van der Waals surface area contributed by atoms with Crippen LogP contribution in [0.3, 0.4) is 0 Å². The summed E-state index contributed by atoms with van der Waals surface area (Å²) >= 11 is 0. The van der Waals surface area contributed by atoms with E-state index in [4.69, 9.17) is 5.73 Å². The van der Waals surface area contributed by atoms with Crippen LogP contribution in [0.25, 0.3) is 11.1 Å². The van der Waals surface area contributed by atoms with E-state index in [0.29, 0.717) is 11.6 Å². The van der Waals surface area contributed by atoms with E-state index in [1.54, 1.807) is 0 Å². The van der Waals surface area contributed by atoms with Gasteiger partial charge in [-0.2, -0.15) is 0 Å². The zero-order chi connectivity index (χ0) is 11.7. The van der Waals surface area contributed by atoms with E-state index in [2.05, 4.69) is 4.98 Å². The second kappa shape index (κ2) is 3.84. The lowest BCUT2D eigenvalue weighted by Gasteiger charge is -2.04. The molecular formula is C11H7F3N2. The third-order valence-corrected chi connectivity index (χ3v) is 2.10. The molecule has 2 aromatic rings. The summed E-state index contributed by atoms with van der Waals surface area (Å²) in [6, 6.07) is 4.14. The van der Waals surface area contributed by atoms with Gasteiger partial charge in [0.25, 0.3) is 0 Å². The number of nitrogen functional groups attached to an aromatic ring is 1. The van der Waals surface area contributed by atoms with Crippen LogP contribution in [0.1, 0.15) is 0 Å². The van der Waals surface area contributed by atoms with Crippen molar-refractivity contribution in [3.05, 3.63) is 47.9 Å². The molecule has 0 spiro atoms. The Morgan fingerprint density at radius 3 is 2.31 bits per heavy atom. The molecule has 0 aliphatic rings. The lowest BCUT2D eigenvalue weighted by atomic mass is 10.1. The average molecular weight is 224 g/mol. The molecule has 0 radical (unpaired) electrons. The molecule has 1 heterocycles. The summed E-state index contributed by atoms with van der Waals surface area (Å²) < 4.78 is 39.0. The molecule has 0 aliphatic heterocycles. The third kappa shape index (κ3) is 1.84. The van der Waals surface area contributed by atoms with Crippen LogP contribution in [-0.4, -0.2) is 4.98 Å². The summed E-state index contributed by atoms with van der Waals surface area (Å²) in [4.78, 5) is 3.72. The molecule has 0 saturated heterocycles. The van der Waals surface area contributed by atoms with E-state index in [1.807, 2.05) is 0 Å². The normalized spacial score (nSPS) is 10.4. The van der Waals surface area contributed by atoms with E-state index >= 15 is 0 Å². The van der Waals surface area contributed by atoms with Crippen molar-refractivity contribution in [2.45, 2.75) is 0 Å². The molecule has 2 nitrogen and oxygen atoms in total. The van der Waals surface area contributed by atoms with Crippen molar-refractivity contribution >= 4 is 5.82 Å². The fraction of sp³-hybridized carbons (Fsp3) is 0. The maximum absolute atomic E-state index is 13.4. The first-order valence-corrected chi connectivity index (χ1v) is 4.44. The molecule has 1 aromatic heterocycles. The minimum absolute atomic E-state index is 0.0481. The first-order valence-electron chi connectivity index (χ1n) is 4.44. The molecule has 0 amide bonds. The average Bonchev–Trinajstić information content (AvgIpc) is 2.23. The quantitative estimate of drug-likeness (QED) is 0.756. The van der Waals surface area contributed by atoms with Crippen molar-refractivity contribution in [1.29, 1.82) is 0 Å². The number of hydrogen-bond donors (Lipinski definition) is 1. The summed E-state index contributed by atoms with van der Waals surface area (Å²) in [7, 11) is 0. The molecule has 0 aliphatic carbocycles. The summed E-state index contributed by atoms with van der Waals surface area (Å²) in [5.41, 5.74) is 5.72. The highest BCUT2D eigenvalue weighted by atomic mass is 19.2. The van der Waals surface area contributed by atoms with Crippen molar-refractivity contribution in [3.8, 4) is 11.1 Å². The second-order valence-corrected chi connectivity index (χ2v) is 3.22. The van der Waals surface area contributed by atoms with Gasteiger partial charge in [-0.1, -0.05) is 0 Å². The van der Waals surface area contributed by atoms with E-state index in [9.17, 15) is 13.2 Å². The van der Waals surface area contributed by atoms with Gasteiger partial charge >= 0.3 is 0 Å². The van der Waals surface area contributed by atoms with Crippen molar-refractivity contribution in [1.82, 2.24) is 4.98 Å². The Labute approximate surface area is 89.5 Å². The number of aromatic nitrogens is 1. The SMILES string of the molecule is Nc1cc(-c2cc(F)c(F)cc2F)ccn1. The molecule has 2 N–H and O–H groups in total.